The molecule has 0 fully saturated rings. The van der Waals surface area contributed by atoms with Gasteiger partial charge in [-0.25, -0.2) is 4.98 Å². The van der Waals surface area contributed by atoms with Crippen molar-refractivity contribution in [2.45, 2.75) is 85.0 Å². The van der Waals surface area contributed by atoms with Crippen LogP contribution in [0.25, 0.3) is 44.8 Å². The molecule has 0 aliphatic rings. The van der Waals surface area contributed by atoms with E-state index < -0.39 is 0 Å². The van der Waals surface area contributed by atoms with Crippen LogP contribution in [0.3, 0.4) is 0 Å². The van der Waals surface area contributed by atoms with E-state index >= 15 is 0 Å². The van der Waals surface area contributed by atoms with Gasteiger partial charge in [0.1, 0.15) is 11.6 Å². The van der Waals surface area contributed by atoms with Crippen molar-refractivity contribution in [1.29, 1.82) is 0 Å². The third-order valence-electron chi connectivity index (χ3n) is 9.37. The molecule has 6 aromatic rings. The number of phenols is 1. The molecule has 0 aliphatic carbocycles. The Hall–Kier alpha value is -4.01. The fourth-order valence-electron chi connectivity index (χ4n) is 6.25. The van der Waals surface area contributed by atoms with Gasteiger partial charge in [-0.2, -0.15) is 0 Å². The van der Waals surface area contributed by atoms with Gasteiger partial charge < -0.3 is 9.67 Å². The number of phenolic OH excluding ortho intramolecular Hbond substituents is 1. The van der Waals surface area contributed by atoms with Crippen LogP contribution in [0.4, 0.5) is 0 Å². The minimum absolute atomic E-state index is 0. The van der Waals surface area contributed by atoms with Gasteiger partial charge in [0.05, 0.1) is 16.6 Å². The van der Waals surface area contributed by atoms with Crippen LogP contribution in [0.5, 0.6) is 5.75 Å². The van der Waals surface area contributed by atoms with E-state index in [9.17, 15) is 5.11 Å². The number of benzene rings is 4. The topological polar surface area (TPSA) is 50.9 Å². The van der Waals surface area contributed by atoms with Gasteiger partial charge in [0.25, 0.3) is 0 Å². The Kier molecular flexibility index (Phi) is 9.89. The number of hydrogen-bond donors (Lipinski definition) is 1. The maximum Gasteiger partial charge on any atom is 0.143 e. The van der Waals surface area contributed by atoms with Crippen molar-refractivity contribution in [3.63, 3.8) is 0 Å². The van der Waals surface area contributed by atoms with Crippen LogP contribution in [-0.2, 0) is 50.8 Å². The van der Waals surface area contributed by atoms with Gasteiger partial charge >= 0.3 is 0 Å². The van der Waals surface area contributed by atoms with E-state index in [1.807, 2.05) is 31.4 Å². The Balaban J connectivity index is 0.00000468. The first-order chi connectivity index (χ1) is 22.5. The molecule has 5 heteroatoms. The van der Waals surface area contributed by atoms with Crippen molar-refractivity contribution in [1.82, 2.24) is 14.5 Å². The first-order valence-electron chi connectivity index (χ1n) is 16.9. The van der Waals surface area contributed by atoms with Gasteiger partial charge in [-0.05, 0) is 56.7 Å². The van der Waals surface area contributed by atoms with E-state index in [1.165, 1.54) is 11.1 Å². The summed E-state index contributed by atoms with van der Waals surface area (Å²) in [6.07, 6.45) is 2.55. The van der Waals surface area contributed by atoms with Crippen molar-refractivity contribution >= 4 is 11.0 Å². The van der Waals surface area contributed by atoms with Crippen LogP contribution < -0.4 is 0 Å². The normalized spacial score (nSPS) is 12.3. The first kappa shape index (κ1) is 36.3. The largest absolute Gasteiger partial charge is 0.507 e. The van der Waals surface area contributed by atoms with E-state index in [-0.39, 0.29) is 43.1 Å². The standard InChI is InChI=1S/C44H48N3O.Pt/c1-42(2,3)32-19-20-45-37(27-32)30-22-29(23-33(24-30)43(4,5)6)35-17-14-18-38-39(35)46-41(47(38)10)36-26-34(44(7,8)9)25-31(40(36)48)21-28-15-12-11-13-16-28;/h11-20,23-27,48H,21H2,1-10H3;/q-1;. The monoisotopic (exact) mass is 829 g/mol. The van der Waals surface area contributed by atoms with Gasteiger partial charge in [0.15, 0.2) is 0 Å². The van der Waals surface area contributed by atoms with Crippen LogP contribution in [0.2, 0.25) is 0 Å². The molecule has 0 aliphatic heterocycles. The Bertz CT molecular complexity index is 2120. The summed E-state index contributed by atoms with van der Waals surface area (Å²) in [6, 6.07) is 33.4. The number of para-hydroxylation sites is 1. The third-order valence-corrected chi connectivity index (χ3v) is 9.37. The molecular weight excluding hydrogens is 782 g/mol. The zero-order valence-corrected chi connectivity index (χ0v) is 32.7. The molecule has 0 saturated heterocycles. The molecule has 256 valence electrons. The zero-order valence-electron chi connectivity index (χ0n) is 30.5. The molecule has 6 rings (SSSR count). The predicted molar refractivity (Wildman–Crippen MR) is 201 cm³/mol. The minimum atomic E-state index is -0.110. The van der Waals surface area contributed by atoms with Crippen LogP contribution in [0.1, 0.15) is 90.1 Å². The van der Waals surface area contributed by atoms with Crippen molar-refractivity contribution in [3.8, 4) is 39.5 Å². The van der Waals surface area contributed by atoms with Gasteiger partial charge in [-0.15, -0.1) is 29.3 Å². The van der Waals surface area contributed by atoms with E-state index in [0.29, 0.717) is 6.42 Å². The summed E-state index contributed by atoms with van der Waals surface area (Å²) in [4.78, 5) is 10.1. The minimum Gasteiger partial charge on any atom is -0.507 e. The van der Waals surface area contributed by atoms with Crippen molar-refractivity contribution in [2.75, 3.05) is 0 Å². The summed E-state index contributed by atoms with van der Waals surface area (Å²) in [5.74, 6) is 1.02. The molecule has 0 saturated carbocycles. The Labute approximate surface area is 306 Å². The molecule has 0 unspecified atom stereocenters. The van der Waals surface area contributed by atoms with Gasteiger partial charge in [0.2, 0.25) is 0 Å². The Morgan fingerprint density at radius 1 is 0.673 bits per heavy atom. The number of fused-ring (bicyclic) bond motifs is 1. The van der Waals surface area contributed by atoms with Gasteiger partial charge in [-0.3, -0.25) is 4.98 Å². The number of aryl methyl sites for hydroxylation is 1. The molecule has 1 N–H and O–H groups in total. The number of nitrogens with zero attached hydrogens (tertiary/aromatic N) is 3. The second-order valence-electron chi connectivity index (χ2n) is 16.2. The maximum atomic E-state index is 11.8. The predicted octanol–water partition coefficient (Wildman–Crippen LogP) is 11.0. The number of aromatic nitrogens is 3. The van der Waals surface area contributed by atoms with Crippen LogP contribution >= 0.6 is 0 Å². The summed E-state index contributed by atoms with van der Waals surface area (Å²) >= 11 is 0. The smallest absolute Gasteiger partial charge is 0.143 e. The summed E-state index contributed by atoms with van der Waals surface area (Å²) in [5, 5.41) is 11.8. The summed E-state index contributed by atoms with van der Waals surface area (Å²) < 4.78 is 2.11. The molecule has 0 spiro atoms. The average Bonchev–Trinajstić information content (AvgIpc) is 3.37. The molecule has 0 radical (unpaired) electrons. The van der Waals surface area contributed by atoms with Crippen LogP contribution in [0, 0.1) is 6.07 Å². The molecule has 0 amide bonds. The second-order valence-corrected chi connectivity index (χ2v) is 16.2. The van der Waals surface area contributed by atoms with Gasteiger partial charge in [-0.1, -0.05) is 128 Å². The number of imidazole rings is 1. The molecule has 4 aromatic carbocycles. The summed E-state index contributed by atoms with van der Waals surface area (Å²) in [5.41, 5.74) is 12.0. The third kappa shape index (κ3) is 7.46. The number of pyridine rings is 1. The van der Waals surface area contributed by atoms with Crippen LogP contribution in [-0.4, -0.2) is 19.6 Å². The molecule has 4 nitrogen and oxygen atoms in total. The maximum absolute atomic E-state index is 11.8. The van der Waals surface area contributed by atoms with Crippen molar-refractivity contribution < 1.29 is 26.2 Å². The molecular formula is C44H48N3OPt-. The first-order valence-corrected chi connectivity index (χ1v) is 16.9. The number of rotatable bonds is 5. The zero-order chi connectivity index (χ0) is 34.6. The Morgan fingerprint density at radius 2 is 1.31 bits per heavy atom. The summed E-state index contributed by atoms with van der Waals surface area (Å²) in [6.45, 7) is 20.0. The molecule has 0 atom stereocenters. The average molecular weight is 830 g/mol. The molecule has 0 bridgehead atoms. The van der Waals surface area contributed by atoms with Gasteiger partial charge in [0, 0.05) is 46.4 Å². The molecule has 49 heavy (non-hydrogen) atoms. The van der Waals surface area contributed by atoms with E-state index in [2.05, 4.69) is 140 Å². The van der Waals surface area contributed by atoms with E-state index in [1.54, 1.807) is 0 Å². The van der Waals surface area contributed by atoms with Crippen molar-refractivity contribution in [3.05, 3.63) is 125 Å². The number of aromatic hydroxyl groups is 1. The van der Waals surface area contributed by atoms with Crippen molar-refractivity contribution in [2.24, 2.45) is 7.05 Å². The van der Waals surface area contributed by atoms with E-state index in [0.717, 1.165) is 61.5 Å². The second kappa shape index (κ2) is 13.4. The molecule has 2 aromatic heterocycles. The summed E-state index contributed by atoms with van der Waals surface area (Å²) in [7, 11) is 2.04. The number of hydrogen-bond acceptors (Lipinski definition) is 3. The van der Waals surface area contributed by atoms with Crippen LogP contribution in [0.15, 0.2) is 91.1 Å². The quantitative estimate of drug-likeness (QED) is 0.176. The SMILES string of the molecule is Cn1c(-c2cc(C(C)(C)C)cc(Cc3ccccc3)c2O)nc2c(-c3[c-]c(-c4cc(C(C)(C)C)ccn4)cc(C(C)(C)C)c3)cccc21.[Pt]. The fraction of sp³-hybridized carbons (Fsp3) is 0.318. The molecule has 2 heterocycles. The Morgan fingerprint density at radius 3 is 1.96 bits per heavy atom. The fourth-order valence-corrected chi connectivity index (χ4v) is 6.25. The van der Waals surface area contributed by atoms with E-state index in [4.69, 9.17) is 9.97 Å².